The monoisotopic (exact) mass is 378 g/mol. The second kappa shape index (κ2) is 9.01. The third-order valence-electron chi connectivity index (χ3n) is 3.70. The lowest BCUT2D eigenvalue weighted by Crippen LogP contribution is -2.14. The van der Waals surface area contributed by atoms with Crippen molar-refractivity contribution in [2.24, 2.45) is 4.99 Å². The zero-order valence-electron chi connectivity index (χ0n) is 14.8. The van der Waals surface area contributed by atoms with E-state index in [9.17, 15) is 10.1 Å². The van der Waals surface area contributed by atoms with Crippen LogP contribution in [-0.4, -0.2) is 33.3 Å². The molecular formula is C20H18N4O2S. The lowest BCUT2D eigenvalue weighted by Gasteiger charge is -2.10. The predicted molar refractivity (Wildman–Crippen MR) is 107 cm³/mol. The number of nitrogens with one attached hydrogen (secondary N) is 1. The topological polar surface area (TPSA) is 91.1 Å². The first kappa shape index (κ1) is 18.7. The fourth-order valence-electron chi connectivity index (χ4n) is 2.49. The number of hydrogen-bond acceptors (Lipinski definition) is 6. The minimum absolute atomic E-state index is 0.0813. The number of fused-ring (bicyclic) bond motifs is 1. The van der Waals surface area contributed by atoms with E-state index in [4.69, 9.17) is 4.74 Å². The summed E-state index contributed by atoms with van der Waals surface area (Å²) in [4.78, 5) is 24.1. The Balaban J connectivity index is 1.94. The second-order valence-corrected chi connectivity index (χ2v) is 6.58. The highest BCUT2D eigenvalue weighted by molar-refractivity contribution is 8.14. The van der Waals surface area contributed by atoms with Crippen LogP contribution >= 0.6 is 11.8 Å². The van der Waals surface area contributed by atoms with E-state index >= 15 is 0 Å². The van der Waals surface area contributed by atoms with E-state index in [1.165, 1.54) is 11.8 Å². The molecule has 0 spiro atoms. The van der Waals surface area contributed by atoms with Gasteiger partial charge in [0.05, 0.1) is 40.2 Å². The van der Waals surface area contributed by atoms with Crippen LogP contribution in [0.25, 0.3) is 11.0 Å². The van der Waals surface area contributed by atoms with E-state index in [0.717, 1.165) is 11.0 Å². The number of hydrogen-bond donors (Lipinski definition) is 1. The molecular weight excluding hydrogens is 360 g/mol. The Bertz CT molecular complexity index is 959. The highest BCUT2D eigenvalue weighted by Gasteiger charge is 2.23. The lowest BCUT2D eigenvalue weighted by molar-refractivity contribution is -0.139. The first-order valence-corrected chi connectivity index (χ1v) is 9.46. The van der Waals surface area contributed by atoms with Crippen LogP contribution in [0.5, 0.6) is 0 Å². The molecule has 6 nitrogen and oxygen atoms in total. The summed E-state index contributed by atoms with van der Waals surface area (Å²) >= 11 is 1.19. The van der Waals surface area contributed by atoms with Gasteiger partial charge in [-0.05, 0) is 31.2 Å². The molecule has 3 rings (SSSR count). The summed E-state index contributed by atoms with van der Waals surface area (Å²) in [6.07, 6.45) is 0. The van der Waals surface area contributed by atoms with Crippen molar-refractivity contribution in [3.8, 4) is 6.07 Å². The third kappa shape index (κ3) is 4.74. The fourth-order valence-corrected chi connectivity index (χ4v) is 3.34. The van der Waals surface area contributed by atoms with Crippen LogP contribution in [0.15, 0.2) is 59.6 Å². The number of carbonyl (C=O) groups is 1. The highest BCUT2D eigenvalue weighted by atomic mass is 32.2. The molecule has 0 fully saturated rings. The first-order valence-electron chi connectivity index (χ1n) is 8.47. The van der Waals surface area contributed by atoms with E-state index in [1.807, 2.05) is 54.6 Å². The van der Waals surface area contributed by atoms with Gasteiger partial charge in [-0.2, -0.15) is 5.26 Å². The van der Waals surface area contributed by atoms with Crippen LogP contribution < -0.4 is 0 Å². The van der Waals surface area contributed by atoms with Crippen LogP contribution in [0.4, 0.5) is 5.69 Å². The summed E-state index contributed by atoms with van der Waals surface area (Å²) in [5.74, 6) is -0.468. The molecule has 0 saturated heterocycles. The van der Waals surface area contributed by atoms with Crippen molar-refractivity contribution in [2.75, 3.05) is 12.4 Å². The van der Waals surface area contributed by atoms with Gasteiger partial charge < -0.3 is 9.72 Å². The molecule has 0 saturated carbocycles. The summed E-state index contributed by atoms with van der Waals surface area (Å²) in [6, 6.07) is 19.2. The van der Waals surface area contributed by atoms with Gasteiger partial charge in [-0.15, -0.1) is 0 Å². The van der Waals surface area contributed by atoms with E-state index in [2.05, 4.69) is 21.0 Å². The van der Waals surface area contributed by atoms with Gasteiger partial charge in [0.1, 0.15) is 5.82 Å². The Morgan fingerprint density at radius 2 is 2.00 bits per heavy atom. The Labute approximate surface area is 161 Å². The third-order valence-corrected chi connectivity index (χ3v) is 4.70. The molecule has 0 radical (unpaired) electrons. The van der Waals surface area contributed by atoms with Crippen LogP contribution in [0.1, 0.15) is 18.7 Å². The summed E-state index contributed by atoms with van der Waals surface area (Å²) < 4.78 is 4.99. The molecule has 1 N–H and O–H groups in total. The van der Waals surface area contributed by atoms with Gasteiger partial charge in [-0.3, -0.25) is 4.79 Å². The number of nitriles is 1. The average Bonchev–Trinajstić information content (AvgIpc) is 3.11. The van der Waals surface area contributed by atoms with Crippen molar-refractivity contribution in [2.45, 2.75) is 12.8 Å². The summed E-state index contributed by atoms with van der Waals surface area (Å²) in [6.45, 7) is 2.07. The molecule has 3 aromatic rings. The summed E-state index contributed by atoms with van der Waals surface area (Å²) in [7, 11) is 0. The molecule has 1 aromatic heterocycles. The zero-order chi connectivity index (χ0) is 19.1. The SMILES string of the molecule is CCOC(=O)CSC(=Nc1ccccc1)C(C#N)c1nc2ccccc2[nH]1. The van der Waals surface area contributed by atoms with Crippen molar-refractivity contribution in [3.05, 3.63) is 60.4 Å². The molecule has 2 aromatic carbocycles. The molecule has 27 heavy (non-hydrogen) atoms. The number of H-pyrrole nitrogens is 1. The lowest BCUT2D eigenvalue weighted by atomic mass is 10.2. The number of para-hydroxylation sites is 3. The predicted octanol–water partition coefficient (Wildman–Crippen LogP) is 4.20. The molecule has 7 heteroatoms. The number of nitrogens with zero attached hydrogens (tertiary/aromatic N) is 3. The van der Waals surface area contributed by atoms with Gasteiger partial charge in [0, 0.05) is 0 Å². The number of aromatic amines is 1. The van der Waals surface area contributed by atoms with Crippen molar-refractivity contribution >= 4 is 39.5 Å². The van der Waals surface area contributed by atoms with Crippen molar-refractivity contribution in [3.63, 3.8) is 0 Å². The molecule has 0 amide bonds. The standard InChI is InChI=1S/C20H18N4O2S/c1-2-26-18(25)13-27-20(22-14-8-4-3-5-9-14)15(12-21)19-23-16-10-6-7-11-17(16)24-19/h3-11,15H,2,13H2,1H3,(H,23,24). The van der Waals surface area contributed by atoms with E-state index < -0.39 is 5.92 Å². The molecule has 1 atom stereocenters. The van der Waals surface area contributed by atoms with Crippen LogP contribution in [0.3, 0.4) is 0 Å². The maximum atomic E-state index is 11.8. The number of esters is 1. The smallest absolute Gasteiger partial charge is 0.316 e. The highest BCUT2D eigenvalue weighted by Crippen LogP contribution is 2.27. The van der Waals surface area contributed by atoms with Gasteiger partial charge >= 0.3 is 5.97 Å². The van der Waals surface area contributed by atoms with Crippen molar-refractivity contribution < 1.29 is 9.53 Å². The number of carbonyl (C=O) groups excluding carboxylic acids is 1. The molecule has 0 aliphatic rings. The summed E-state index contributed by atoms with van der Waals surface area (Å²) in [5.41, 5.74) is 2.34. The van der Waals surface area contributed by atoms with Crippen molar-refractivity contribution in [1.82, 2.24) is 9.97 Å². The average molecular weight is 378 g/mol. The van der Waals surface area contributed by atoms with Crippen molar-refractivity contribution in [1.29, 1.82) is 5.26 Å². The Kier molecular flexibility index (Phi) is 6.23. The minimum atomic E-state index is -0.711. The van der Waals surface area contributed by atoms with E-state index in [0.29, 0.717) is 23.2 Å². The maximum absolute atomic E-state index is 11.8. The van der Waals surface area contributed by atoms with Crippen LogP contribution in [-0.2, 0) is 9.53 Å². The van der Waals surface area contributed by atoms with Crippen LogP contribution in [0.2, 0.25) is 0 Å². The number of thioether (sulfide) groups is 1. The largest absolute Gasteiger partial charge is 0.465 e. The molecule has 1 unspecified atom stereocenters. The van der Waals surface area contributed by atoms with Gasteiger partial charge in [0.2, 0.25) is 0 Å². The minimum Gasteiger partial charge on any atom is -0.465 e. The fraction of sp³-hybridized carbons (Fsp3) is 0.200. The number of imidazole rings is 1. The number of ether oxygens (including phenoxy) is 1. The summed E-state index contributed by atoms with van der Waals surface area (Å²) in [5, 5.41) is 10.3. The first-order chi connectivity index (χ1) is 13.2. The molecule has 0 aliphatic heterocycles. The molecule has 0 bridgehead atoms. The van der Waals surface area contributed by atoms with Gasteiger partial charge in [0.25, 0.3) is 0 Å². The number of benzene rings is 2. The van der Waals surface area contributed by atoms with Gasteiger partial charge in [-0.25, -0.2) is 9.98 Å². The van der Waals surface area contributed by atoms with Gasteiger partial charge in [0.15, 0.2) is 5.92 Å². The number of rotatable bonds is 6. The quantitative estimate of drug-likeness (QED) is 0.394. The van der Waals surface area contributed by atoms with E-state index in [1.54, 1.807) is 6.92 Å². The molecule has 136 valence electrons. The Hall–Kier alpha value is -3.11. The zero-order valence-corrected chi connectivity index (χ0v) is 15.6. The number of aliphatic imine (C=N–C) groups is 1. The molecule has 1 heterocycles. The number of aromatic nitrogens is 2. The van der Waals surface area contributed by atoms with Gasteiger partial charge in [-0.1, -0.05) is 42.1 Å². The Morgan fingerprint density at radius 1 is 1.26 bits per heavy atom. The second-order valence-electron chi connectivity index (χ2n) is 5.58. The Morgan fingerprint density at radius 3 is 2.70 bits per heavy atom. The van der Waals surface area contributed by atoms with Crippen LogP contribution in [0, 0.1) is 11.3 Å². The molecule has 0 aliphatic carbocycles. The van der Waals surface area contributed by atoms with E-state index in [-0.39, 0.29) is 11.7 Å². The normalized spacial score (nSPS) is 12.5. The maximum Gasteiger partial charge on any atom is 0.316 e.